The van der Waals surface area contributed by atoms with Crippen molar-refractivity contribution < 1.29 is 93.8 Å². The highest BCUT2D eigenvalue weighted by atomic mass is 19.4. The second kappa shape index (κ2) is 10.8. The monoisotopic (exact) mass is 619 g/mol. The Kier molecular flexibility index (Phi) is 10.1. The first-order valence-electron chi connectivity index (χ1n) is 9.54. The zero-order chi connectivity index (χ0) is 31.8. The molecule has 230 valence electrons. The van der Waals surface area contributed by atoms with Crippen molar-refractivity contribution in [3.8, 4) is 0 Å². The molecule has 0 heterocycles. The largest absolute Gasteiger partial charge is 0.464 e. The average molecular weight is 619 g/mol. The molecule has 39 heavy (non-hydrogen) atoms. The van der Waals surface area contributed by atoms with E-state index in [1.165, 1.54) is 0 Å². The molecule has 1 atom stereocenters. The number of halogens is 17. The maximum Gasteiger partial charge on any atom is 0.460 e. The lowest BCUT2D eigenvalue weighted by Gasteiger charge is -2.42. The fourth-order valence-electron chi connectivity index (χ4n) is 2.43. The molecule has 1 unspecified atom stereocenters. The molecule has 1 N–H and O–H groups in total. The minimum absolute atomic E-state index is 0.683. The van der Waals surface area contributed by atoms with E-state index in [4.69, 9.17) is 0 Å². The van der Waals surface area contributed by atoms with Crippen molar-refractivity contribution in [2.45, 2.75) is 80.4 Å². The summed E-state index contributed by atoms with van der Waals surface area (Å²) in [6.45, 7) is -0.0734. The molecule has 22 heteroatoms. The van der Waals surface area contributed by atoms with Crippen LogP contribution in [0.1, 0.15) is 26.7 Å². The number of nitrogens with one attached hydrogen (secondary N) is 1. The van der Waals surface area contributed by atoms with Gasteiger partial charge in [0.2, 0.25) is 5.91 Å². The minimum atomic E-state index is -8.72. The maximum absolute atomic E-state index is 13.7. The SMILES string of the molecule is CC(=O)NC(C(C)=O)C(=O)OCCCC(F)(F)C(F)(F)C(F)(F)C(F)(F)C(F)(F)C(F)(F)C(F)(F)C(F)(F)F. The van der Waals surface area contributed by atoms with Crippen LogP contribution in [0.25, 0.3) is 0 Å². The number of hydrogen-bond acceptors (Lipinski definition) is 4. The molecule has 0 bridgehead atoms. The lowest BCUT2D eigenvalue weighted by molar-refractivity contribution is -0.461. The Labute approximate surface area is 205 Å². The molecule has 0 radical (unpaired) electrons. The van der Waals surface area contributed by atoms with Gasteiger partial charge in [-0.2, -0.15) is 74.6 Å². The molecule has 0 saturated carbocycles. The summed E-state index contributed by atoms with van der Waals surface area (Å²) in [5.41, 5.74) is 0. The van der Waals surface area contributed by atoms with E-state index in [0.717, 1.165) is 6.92 Å². The van der Waals surface area contributed by atoms with Gasteiger partial charge in [0.15, 0.2) is 11.8 Å². The Morgan fingerprint density at radius 1 is 0.615 bits per heavy atom. The smallest absolute Gasteiger partial charge is 0.460 e. The third-order valence-electron chi connectivity index (χ3n) is 4.66. The van der Waals surface area contributed by atoms with E-state index in [0.29, 0.717) is 6.92 Å². The third-order valence-corrected chi connectivity index (χ3v) is 4.66. The lowest BCUT2D eigenvalue weighted by Crippen LogP contribution is -2.74. The van der Waals surface area contributed by atoms with Crippen molar-refractivity contribution in [2.24, 2.45) is 0 Å². The summed E-state index contributed by atoms with van der Waals surface area (Å²) in [5, 5.41) is 1.67. The predicted octanol–water partition coefficient (Wildman–Crippen LogP) is 5.41. The summed E-state index contributed by atoms with van der Waals surface area (Å²) >= 11 is 0. The maximum atomic E-state index is 13.7. The third kappa shape index (κ3) is 6.12. The van der Waals surface area contributed by atoms with Gasteiger partial charge in [0.25, 0.3) is 0 Å². The fourth-order valence-corrected chi connectivity index (χ4v) is 2.43. The van der Waals surface area contributed by atoms with Crippen LogP contribution in [0.4, 0.5) is 74.6 Å². The van der Waals surface area contributed by atoms with Crippen molar-refractivity contribution >= 4 is 17.7 Å². The second-order valence-corrected chi connectivity index (χ2v) is 7.66. The topological polar surface area (TPSA) is 72.5 Å². The number of carbonyl (C=O) groups excluding carboxylic acids is 3. The van der Waals surface area contributed by atoms with Crippen molar-refractivity contribution in [2.75, 3.05) is 6.61 Å². The highest BCUT2D eigenvalue weighted by molar-refractivity contribution is 6.04. The molecule has 5 nitrogen and oxygen atoms in total. The van der Waals surface area contributed by atoms with Gasteiger partial charge < -0.3 is 10.1 Å². The lowest BCUT2D eigenvalue weighted by atomic mass is 9.88. The second-order valence-electron chi connectivity index (χ2n) is 7.66. The van der Waals surface area contributed by atoms with Crippen LogP contribution >= 0.6 is 0 Å². The zero-order valence-corrected chi connectivity index (χ0v) is 18.8. The van der Waals surface area contributed by atoms with Gasteiger partial charge in [-0.3, -0.25) is 9.59 Å². The molecule has 1 amide bonds. The standard InChI is InChI=1S/C17H14F17NO4/c1-6(36)8(35-7(2)37)9(38)39-5-3-4-10(18,19)11(20,21)12(22,23)13(24,25)14(26,27)15(28,29)16(30,31)17(32,33)34/h8H,3-5H2,1-2H3,(H,35,37). The molecule has 0 aliphatic carbocycles. The zero-order valence-electron chi connectivity index (χ0n) is 18.8. The van der Waals surface area contributed by atoms with Crippen LogP contribution in [0.3, 0.4) is 0 Å². The van der Waals surface area contributed by atoms with Crippen LogP contribution < -0.4 is 5.32 Å². The van der Waals surface area contributed by atoms with E-state index in [9.17, 15) is 89.0 Å². The fraction of sp³-hybridized carbons (Fsp3) is 0.824. The molecular weight excluding hydrogens is 605 g/mol. The summed E-state index contributed by atoms with van der Waals surface area (Å²) in [6.07, 6.45) is -12.4. The molecule has 0 rings (SSSR count). The van der Waals surface area contributed by atoms with Crippen molar-refractivity contribution in [1.82, 2.24) is 5.32 Å². The van der Waals surface area contributed by atoms with Gasteiger partial charge in [-0.1, -0.05) is 0 Å². The molecule has 0 fully saturated rings. The first-order chi connectivity index (χ1) is 16.9. The van der Waals surface area contributed by atoms with Crippen molar-refractivity contribution in [3.05, 3.63) is 0 Å². The molecule has 0 aromatic rings. The summed E-state index contributed by atoms with van der Waals surface area (Å²) < 4.78 is 228. The predicted molar refractivity (Wildman–Crippen MR) is 89.2 cm³/mol. The van der Waals surface area contributed by atoms with Crippen LogP contribution in [0.5, 0.6) is 0 Å². The van der Waals surface area contributed by atoms with Crippen LogP contribution in [0.15, 0.2) is 0 Å². The van der Waals surface area contributed by atoms with Gasteiger partial charge in [-0.25, -0.2) is 4.79 Å². The number of carbonyl (C=O) groups is 3. The van der Waals surface area contributed by atoms with E-state index in [2.05, 4.69) is 4.74 Å². The van der Waals surface area contributed by atoms with Gasteiger partial charge in [-0.15, -0.1) is 0 Å². The van der Waals surface area contributed by atoms with Crippen LogP contribution in [0.2, 0.25) is 0 Å². The van der Waals surface area contributed by atoms with Gasteiger partial charge in [0.1, 0.15) is 0 Å². The van der Waals surface area contributed by atoms with Crippen LogP contribution in [0, 0.1) is 0 Å². The average Bonchev–Trinajstić information content (AvgIpc) is 2.72. The van der Waals surface area contributed by atoms with Gasteiger partial charge in [-0.05, 0) is 13.3 Å². The number of rotatable bonds is 13. The Bertz CT molecular complexity index is 929. The molecular formula is C17H14F17NO4. The highest BCUT2D eigenvalue weighted by Crippen LogP contribution is 2.64. The molecule has 0 saturated heterocycles. The minimum Gasteiger partial charge on any atom is -0.464 e. The number of ketones is 1. The van der Waals surface area contributed by atoms with Crippen LogP contribution in [-0.4, -0.2) is 77.9 Å². The number of ether oxygens (including phenoxy) is 1. The van der Waals surface area contributed by atoms with Crippen molar-refractivity contribution in [3.63, 3.8) is 0 Å². The number of esters is 1. The quantitative estimate of drug-likeness (QED) is 0.130. The summed E-state index contributed by atoms with van der Waals surface area (Å²) in [7, 11) is 0. The number of Topliss-reactive ketones (excluding diaryl/α,β-unsaturated/α-hetero) is 1. The summed E-state index contributed by atoms with van der Waals surface area (Å²) in [6, 6.07) is -2.09. The molecule has 0 aliphatic heterocycles. The molecule has 0 aromatic heterocycles. The first kappa shape index (κ1) is 36.4. The highest BCUT2D eigenvalue weighted by Gasteiger charge is 2.95. The Balaban J connectivity index is 6.02. The van der Waals surface area contributed by atoms with E-state index in [-0.39, 0.29) is 0 Å². The first-order valence-corrected chi connectivity index (χ1v) is 9.54. The normalized spacial score (nSPS) is 15.6. The number of hydrogen-bond donors (Lipinski definition) is 1. The number of amides is 1. The van der Waals surface area contributed by atoms with E-state index in [1.54, 1.807) is 5.32 Å². The van der Waals surface area contributed by atoms with Gasteiger partial charge in [0, 0.05) is 13.3 Å². The molecule has 0 aliphatic rings. The molecule has 0 spiro atoms. The van der Waals surface area contributed by atoms with Gasteiger partial charge >= 0.3 is 53.6 Å². The van der Waals surface area contributed by atoms with E-state index < -0.39 is 90.8 Å². The summed E-state index contributed by atoms with van der Waals surface area (Å²) in [5.74, 6) is -61.0. The van der Waals surface area contributed by atoms with E-state index in [1.807, 2.05) is 0 Å². The summed E-state index contributed by atoms with van der Waals surface area (Å²) in [4.78, 5) is 33.6. The van der Waals surface area contributed by atoms with Crippen molar-refractivity contribution in [1.29, 1.82) is 0 Å². The Hall–Kier alpha value is -2.58. The number of alkyl halides is 17. The molecule has 0 aromatic carbocycles. The Morgan fingerprint density at radius 2 is 0.974 bits per heavy atom. The van der Waals surface area contributed by atoms with Gasteiger partial charge in [0.05, 0.1) is 6.61 Å². The van der Waals surface area contributed by atoms with Crippen LogP contribution in [-0.2, 0) is 19.1 Å². The van der Waals surface area contributed by atoms with E-state index >= 15 is 0 Å². The Morgan fingerprint density at radius 3 is 1.31 bits per heavy atom.